The minimum Gasteiger partial charge on any atom is -0.466 e. The van der Waals surface area contributed by atoms with Gasteiger partial charge in [-0.15, -0.1) is 0 Å². The zero-order valence-corrected chi connectivity index (χ0v) is 10.3. The van der Waals surface area contributed by atoms with Gasteiger partial charge in [-0.3, -0.25) is 4.79 Å². The minimum absolute atomic E-state index is 0.152. The Morgan fingerprint density at radius 3 is 3.06 bits per heavy atom. The van der Waals surface area contributed by atoms with E-state index < -0.39 is 0 Å². The molecule has 1 aromatic heterocycles. The molecule has 1 N–H and O–H groups in total. The molecule has 4 nitrogen and oxygen atoms in total. The fourth-order valence-corrected chi connectivity index (χ4v) is 1.78. The molecule has 4 heteroatoms. The number of esters is 1. The van der Waals surface area contributed by atoms with Crippen molar-refractivity contribution < 1.29 is 9.53 Å². The molecule has 0 unspecified atom stereocenters. The lowest BCUT2D eigenvalue weighted by atomic mass is 10.1. The van der Waals surface area contributed by atoms with Gasteiger partial charge in [0, 0.05) is 24.4 Å². The molecule has 0 amide bonds. The average Bonchev–Trinajstić information content (AvgIpc) is 2.91. The molecule has 0 saturated carbocycles. The second-order valence-electron chi connectivity index (χ2n) is 3.94. The zero-order chi connectivity index (χ0) is 12.8. The SMILES string of the molecule is CCOC(=O)CCc1cccc(-c2ncc[nH]2)c1. The lowest BCUT2D eigenvalue weighted by Crippen LogP contribution is -2.05. The minimum atomic E-state index is -0.152. The molecule has 1 aromatic carbocycles. The van der Waals surface area contributed by atoms with Crippen LogP contribution in [0.4, 0.5) is 0 Å². The highest BCUT2D eigenvalue weighted by molar-refractivity contribution is 5.69. The summed E-state index contributed by atoms with van der Waals surface area (Å²) in [4.78, 5) is 18.6. The molecular formula is C14H16N2O2. The normalized spacial score (nSPS) is 10.3. The summed E-state index contributed by atoms with van der Waals surface area (Å²) < 4.78 is 4.91. The zero-order valence-electron chi connectivity index (χ0n) is 10.3. The highest BCUT2D eigenvalue weighted by Crippen LogP contribution is 2.16. The third-order valence-electron chi connectivity index (χ3n) is 2.62. The molecule has 94 valence electrons. The predicted octanol–water partition coefficient (Wildman–Crippen LogP) is 2.57. The van der Waals surface area contributed by atoms with Crippen molar-refractivity contribution in [3.8, 4) is 11.4 Å². The van der Waals surface area contributed by atoms with Gasteiger partial charge in [0.1, 0.15) is 5.82 Å². The van der Waals surface area contributed by atoms with E-state index in [0.29, 0.717) is 19.4 Å². The summed E-state index contributed by atoms with van der Waals surface area (Å²) in [5.41, 5.74) is 2.14. The van der Waals surface area contributed by atoms with E-state index in [1.807, 2.05) is 31.2 Å². The van der Waals surface area contributed by atoms with Crippen molar-refractivity contribution in [3.05, 3.63) is 42.2 Å². The summed E-state index contributed by atoms with van der Waals surface area (Å²) in [6, 6.07) is 8.01. The van der Waals surface area contributed by atoms with Gasteiger partial charge in [0.2, 0.25) is 0 Å². The standard InChI is InChI=1S/C14H16N2O2/c1-2-18-13(17)7-6-11-4-3-5-12(10-11)14-15-8-9-16-14/h3-5,8-10H,2,6-7H2,1H3,(H,15,16). The Labute approximate surface area is 106 Å². The van der Waals surface area contributed by atoms with Gasteiger partial charge in [-0.05, 0) is 25.0 Å². The Hall–Kier alpha value is -2.10. The quantitative estimate of drug-likeness (QED) is 0.822. The lowest BCUT2D eigenvalue weighted by molar-refractivity contribution is -0.143. The number of rotatable bonds is 5. The number of nitrogens with zero attached hydrogens (tertiary/aromatic N) is 1. The number of H-pyrrole nitrogens is 1. The first-order valence-corrected chi connectivity index (χ1v) is 6.04. The summed E-state index contributed by atoms with van der Waals surface area (Å²) in [5, 5.41) is 0. The largest absolute Gasteiger partial charge is 0.466 e. The summed E-state index contributed by atoms with van der Waals surface area (Å²) in [6.45, 7) is 2.25. The number of nitrogens with one attached hydrogen (secondary N) is 1. The van der Waals surface area contributed by atoms with Crippen LogP contribution in [0.25, 0.3) is 11.4 Å². The van der Waals surface area contributed by atoms with Gasteiger partial charge < -0.3 is 9.72 Å². The maximum absolute atomic E-state index is 11.3. The van der Waals surface area contributed by atoms with E-state index in [1.165, 1.54) is 0 Å². The molecule has 0 radical (unpaired) electrons. The number of carbonyl (C=O) groups excluding carboxylic acids is 1. The van der Waals surface area contributed by atoms with Gasteiger partial charge in [0.05, 0.1) is 6.61 Å². The van der Waals surface area contributed by atoms with Crippen LogP contribution in [-0.4, -0.2) is 22.5 Å². The van der Waals surface area contributed by atoms with E-state index >= 15 is 0 Å². The molecule has 1 heterocycles. The first kappa shape index (κ1) is 12.4. The molecule has 0 aliphatic carbocycles. The average molecular weight is 244 g/mol. The first-order valence-electron chi connectivity index (χ1n) is 6.04. The molecule has 0 fully saturated rings. The fraction of sp³-hybridized carbons (Fsp3) is 0.286. The number of ether oxygens (including phenoxy) is 1. The summed E-state index contributed by atoms with van der Waals surface area (Å²) in [6.07, 6.45) is 4.62. The maximum atomic E-state index is 11.3. The Balaban J connectivity index is 2.02. The molecule has 0 aliphatic rings. The molecule has 2 rings (SSSR count). The van der Waals surface area contributed by atoms with Crippen LogP contribution >= 0.6 is 0 Å². The van der Waals surface area contributed by atoms with Gasteiger partial charge in [0.15, 0.2) is 0 Å². The Morgan fingerprint density at radius 1 is 1.44 bits per heavy atom. The van der Waals surface area contributed by atoms with Crippen molar-refractivity contribution in [3.63, 3.8) is 0 Å². The van der Waals surface area contributed by atoms with Crippen molar-refractivity contribution in [1.29, 1.82) is 0 Å². The van der Waals surface area contributed by atoms with E-state index in [0.717, 1.165) is 17.0 Å². The Kier molecular flexibility index (Phi) is 4.12. The van der Waals surface area contributed by atoms with Crippen molar-refractivity contribution in [1.82, 2.24) is 9.97 Å². The highest BCUT2D eigenvalue weighted by Gasteiger charge is 2.04. The van der Waals surface area contributed by atoms with Crippen molar-refractivity contribution in [2.24, 2.45) is 0 Å². The van der Waals surface area contributed by atoms with Crippen LogP contribution in [0.3, 0.4) is 0 Å². The number of imidazole rings is 1. The second-order valence-corrected chi connectivity index (χ2v) is 3.94. The third-order valence-corrected chi connectivity index (χ3v) is 2.62. The molecule has 18 heavy (non-hydrogen) atoms. The number of aromatic amines is 1. The van der Waals surface area contributed by atoms with Gasteiger partial charge in [0.25, 0.3) is 0 Å². The van der Waals surface area contributed by atoms with Crippen LogP contribution in [0, 0.1) is 0 Å². The van der Waals surface area contributed by atoms with Gasteiger partial charge in [-0.1, -0.05) is 18.2 Å². The number of hydrogen-bond donors (Lipinski definition) is 1. The highest BCUT2D eigenvalue weighted by atomic mass is 16.5. The number of aryl methyl sites for hydroxylation is 1. The number of aromatic nitrogens is 2. The van der Waals surface area contributed by atoms with Gasteiger partial charge >= 0.3 is 5.97 Å². The third kappa shape index (κ3) is 3.20. The molecule has 0 spiro atoms. The monoisotopic (exact) mass is 244 g/mol. The molecule has 0 atom stereocenters. The van der Waals surface area contributed by atoms with Crippen LogP contribution < -0.4 is 0 Å². The van der Waals surface area contributed by atoms with Crippen LogP contribution in [0.2, 0.25) is 0 Å². The van der Waals surface area contributed by atoms with Gasteiger partial charge in [-0.2, -0.15) is 0 Å². The number of hydrogen-bond acceptors (Lipinski definition) is 3. The van der Waals surface area contributed by atoms with Crippen LogP contribution in [-0.2, 0) is 16.0 Å². The van der Waals surface area contributed by atoms with E-state index in [4.69, 9.17) is 4.74 Å². The van der Waals surface area contributed by atoms with Crippen LogP contribution in [0.1, 0.15) is 18.9 Å². The van der Waals surface area contributed by atoms with E-state index in [1.54, 1.807) is 12.4 Å². The van der Waals surface area contributed by atoms with Crippen molar-refractivity contribution in [2.45, 2.75) is 19.8 Å². The Bertz CT molecular complexity index is 506. The second kappa shape index (κ2) is 6.00. The lowest BCUT2D eigenvalue weighted by Gasteiger charge is -2.04. The molecule has 0 saturated heterocycles. The number of benzene rings is 1. The maximum Gasteiger partial charge on any atom is 0.306 e. The van der Waals surface area contributed by atoms with E-state index in [9.17, 15) is 4.79 Å². The van der Waals surface area contributed by atoms with E-state index in [-0.39, 0.29) is 5.97 Å². The van der Waals surface area contributed by atoms with Crippen LogP contribution in [0.15, 0.2) is 36.7 Å². The molecular weight excluding hydrogens is 228 g/mol. The molecule has 0 bridgehead atoms. The van der Waals surface area contributed by atoms with E-state index in [2.05, 4.69) is 9.97 Å². The van der Waals surface area contributed by atoms with Crippen molar-refractivity contribution >= 4 is 5.97 Å². The predicted molar refractivity (Wildman–Crippen MR) is 69.0 cm³/mol. The Morgan fingerprint density at radius 2 is 2.33 bits per heavy atom. The smallest absolute Gasteiger partial charge is 0.306 e. The van der Waals surface area contributed by atoms with Gasteiger partial charge in [-0.25, -0.2) is 4.98 Å². The summed E-state index contributed by atoms with van der Waals surface area (Å²) in [5.74, 6) is 0.689. The first-order chi connectivity index (χ1) is 8.79. The molecule has 2 aromatic rings. The summed E-state index contributed by atoms with van der Waals surface area (Å²) in [7, 11) is 0. The van der Waals surface area contributed by atoms with Crippen molar-refractivity contribution in [2.75, 3.05) is 6.61 Å². The fourth-order valence-electron chi connectivity index (χ4n) is 1.78. The van der Waals surface area contributed by atoms with Crippen LogP contribution in [0.5, 0.6) is 0 Å². The summed E-state index contributed by atoms with van der Waals surface area (Å²) >= 11 is 0. The molecule has 0 aliphatic heterocycles. The number of carbonyl (C=O) groups is 1. The topological polar surface area (TPSA) is 55.0 Å².